The second-order valence-electron chi connectivity index (χ2n) is 7.08. The summed E-state index contributed by atoms with van der Waals surface area (Å²) >= 11 is 0. The number of nitrogens with one attached hydrogen (secondary N) is 1. The third-order valence-corrected chi connectivity index (χ3v) is 5.37. The van der Waals surface area contributed by atoms with Crippen LogP contribution >= 0.6 is 0 Å². The zero-order valence-electron chi connectivity index (χ0n) is 14.9. The number of anilines is 1. The van der Waals surface area contributed by atoms with Gasteiger partial charge < -0.3 is 19.9 Å². The average Bonchev–Trinajstić information content (AvgIpc) is 2.62. The van der Waals surface area contributed by atoms with Crippen LogP contribution in [0.4, 0.5) is 5.69 Å². The standard InChI is InChI=1S/C19H29N3O2/c1-16-4-3-5-17(14-16)21-10-12-22(13-11-21)18(23)19(15-24-2)6-8-20-9-7-19/h3-5,14,20H,6-13,15H2,1-2H3. The van der Waals surface area contributed by atoms with Gasteiger partial charge in [-0.15, -0.1) is 0 Å². The number of carbonyl (C=O) groups excluding carboxylic acids is 1. The Hall–Kier alpha value is -1.59. The third kappa shape index (κ3) is 3.57. The van der Waals surface area contributed by atoms with E-state index in [4.69, 9.17) is 4.74 Å². The topological polar surface area (TPSA) is 44.8 Å². The molecule has 0 bridgehead atoms. The number of rotatable bonds is 4. The molecular formula is C19H29N3O2. The lowest BCUT2D eigenvalue weighted by atomic mass is 9.78. The Morgan fingerprint density at radius 2 is 1.92 bits per heavy atom. The number of methoxy groups -OCH3 is 1. The van der Waals surface area contributed by atoms with Gasteiger partial charge in [-0.25, -0.2) is 0 Å². The number of aryl methyl sites for hydroxylation is 1. The summed E-state index contributed by atoms with van der Waals surface area (Å²) in [6, 6.07) is 8.60. The van der Waals surface area contributed by atoms with Gasteiger partial charge in [0.05, 0.1) is 12.0 Å². The largest absolute Gasteiger partial charge is 0.384 e. The molecule has 2 saturated heterocycles. The van der Waals surface area contributed by atoms with Crippen molar-refractivity contribution in [3.05, 3.63) is 29.8 Å². The molecule has 0 unspecified atom stereocenters. The number of nitrogens with zero attached hydrogens (tertiary/aromatic N) is 2. The molecule has 1 N–H and O–H groups in total. The maximum absolute atomic E-state index is 13.2. The monoisotopic (exact) mass is 331 g/mol. The molecular weight excluding hydrogens is 302 g/mol. The molecule has 0 radical (unpaired) electrons. The molecule has 3 rings (SSSR count). The second kappa shape index (κ2) is 7.53. The molecule has 0 atom stereocenters. The molecule has 0 spiro atoms. The molecule has 2 heterocycles. The number of piperidine rings is 1. The van der Waals surface area contributed by atoms with Crippen LogP contribution in [0.2, 0.25) is 0 Å². The van der Waals surface area contributed by atoms with Gasteiger partial charge in [0.15, 0.2) is 0 Å². The van der Waals surface area contributed by atoms with E-state index in [1.54, 1.807) is 7.11 Å². The minimum atomic E-state index is -0.328. The van der Waals surface area contributed by atoms with E-state index in [0.29, 0.717) is 6.61 Å². The van der Waals surface area contributed by atoms with Gasteiger partial charge in [-0.3, -0.25) is 4.79 Å². The summed E-state index contributed by atoms with van der Waals surface area (Å²) in [6.07, 6.45) is 1.75. The normalized spacial score (nSPS) is 20.9. The highest BCUT2D eigenvalue weighted by molar-refractivity contribution is 5.83. The molecule has 1 amide bonds. The molecule has 24 heavy (non-hydrogen) atoms. The first kappa shape index (κ1) is 17.2. The molecule has 2 aliphatic rings. The van der Waals surface area contributed by atoms with E-state index in [2.05, 4.69) is 46.3 Å². The number of hydrogen-bond acceptors (Lipinski definition) is 4. The highest BCUT2D eigenvalue weighted by Gasteiger charge is 2.42. The number of amides is 1. The zero-order valence-corrected chi connectivity index (χ0v) is 14.9. The summed E-state index contributed by atoms with van der Waals surface area (Å²) < 4.78 is 5.41. The fourth-order valence-corrected chi connectivity index (χ4v) is 3.93. The van der Waals surface area contributed by atoms with Crippen LogP contribution in [-0.2, 0) is 9.53 Å². The second-order valence-corrected chi connectivity index (χ2v) is 7.08. The van der Waals surface area contributed by atoms with E-state index in [1.165, 1.54) is 11.3 Å². The Morgan fingerprint density at radius 3 is 2.54 bits per heavy atom. The van der Waals surface area contributed by atoms with Gasteiger partial charge in [0.25, 0.3) is 0 Å². The summed E-state index contributed by atoms with van der Waals surface area (Å²) in [5, 5.41) is 3.36. The first-order chi connectivity index (χ1) is 11.6. The van der Waals surface area contributed by atoms with Crippen molar-refractivity contribution in [2.24, 2.45) is 5.41 Å². The SMILES string of the molecule is COCC1(C(=O)N2CCN(c3cccc(C)c3)CC2)CCNCC1. The van der Waals surface area contributed by atoms with Crippen LogP contribution in [0.15, 0.2) is 24.3 Å². The lowest BCUT2D eigenvalue weighted by Crippen LogP contribution is -2.56. The summed E-state index contributed by atoms with van der Waals surface area (Å²) in [6.45, 7) is 7.85. The lowest BCUT2D eigenvalue weighted by molar-refractivity contribution is -0.147. The molecule has 2 fully saturated rings. The first-order valence-electron chi connectivity index (χ1n) is 8.95. The minimum absolute atomic E-state index is 0.287. The summed E-state index contributed by atoms with van der Waals surface area (Å²) in [4.78, 5) is 17.6. The number of ether oxygens (including phenoxy) is 1. The van der Waals surface area contributed by atoms with Crippen molar-refractivity contribution < 1.29 is 9.53 Å². The Labute approximate surface area is 145 Å². The molecule has 1 aromatic carbocycles. The van der Waals surface area contributed by atoms with Crippen LogP contribution in [-0.4, -0.2) is 63.8 Å². The lowest BCUT2D eigenvalue weighted by Gasteiger charge is -2.43. The van der Waals surface area contributed by atoms with Crippen molar-refractivity contribution in [2.45, 2.75) is 19.8 Å². The van der Waals surface area contributed by atoms with Crippen molar-refractivity contribution in [1.29, 1.82) is 0 Å². The van der Waals surface area contributed by atoms with Crippen LogP contribution in [0.3, 0.4) is 0 Å². The third-order valence-electron chi connectivity index (χ3n) is 5.37. The minimum Gasteiger partial charge on any atom is -0.384 e. The van der Waals surface area contributed by atoms with Gasteiger partial charge in [0.1, 0.15) is 0 Å². The van der Waals surface area contributed by atoms with E-state index in [9.17, 15) is 4.79 Å². The van der Waals surface area contributed by atoms with E-state index in [0.717, 1.165) is 52.1 Å². The van der Waals surface area contributed by atoms with Crippen LogP contribution in [0, 0.1) is 12.3 Å². The summed E-state index contributed by atoms with van der Waals surface area (Å²) in [5.41, 5.74) is 2.21. The van der Waals surface area contributed by atoms with Gasteiger partial charge in [-0.05, 0) is 50.6 Å². The van der Waals surface area contributed by atoms with Crippen molar-refractivity contribution in [3.8, 4) is 0 Å². The number of benzene rings is 1. The molecule has 0 aromatic heterocycles. The molecule has 5 nitrogen and oxygen atoms in total. The summed E-state index contributed by atoms with van der Waals surface area (Å²) in [7, 11) is 1.70. The average molecular weight is 331 g/mol. The smallest absolute Gasteiger partial charge is 0.231 e. The number of piperazine rings is 1. The first-order valence-corrected chi connectivity index (χ1v) is 8.95. The van der Waals surface area contributed by atoms with E-state index >= 15 is 0 Å². The quantitative estimate of drug-likeness (QED) is 0.911. The molecule has 132 valence electrons. The molecule has 1 aromatic rings. The molecule has 0 saturated carbocycles. The van der Waals surface area contributed by atoms with Crippen LogP contribution < -0.4 is 10.2 Å². The fraction of sp³-hybridized carbons (Fsp3) is 0.632. The number of hydrogen-bond donors (Lipinski definition) is 1. The van der Waals surface area contributed by atoms with Gasteiger partial charge in [-0.1, -0.05) is 12.1 Å². The molecule has 0 aliphatic carbocycles. The van der Waals surface area contributed by atoms with Crippen LogP contribution in [0.25, 0.3) is 0 Å². The maximum atomic E-state index is 13.2. The maximum Gasteiger partial charge on any atom is 0.231 e. The predicted molar refractivity (Wildman–Crippen MR) is 96.4 cm³/mol. The van der Waals surface area contributed by atoms with E-state index in [1.807, 2.05) is 0 Å². The van der Waals surface area contributed by atoms with Crippen molar-refractivity contribution in [2.75, 3.05) is 57.9 Å². The van der Waals surface area contributed by atoms with Gasteiger partial charge in [0, 0.05) is 39.0 Å². The highest BCUT2D eigenvalue weighted by Crippen LogP contribution is 2.32. The van der Waals surface area contributed by atoms with Crippen LogP contribution in [0.5, 0.6) is 0 Å². The Balaban J connectivity index is 1.64. The highest BCUT2D eigenvalue weighted by atomic mass is 16.5. The number of carbonyl (C=O) groups is 1. The van der Waals surface area contributed by atoms with Crippen molar-refractivity contribution >= 4 is 11.6 Å². The van der Waals surface area contributed by atoms with Crippen molar-refractivity contribution in [1.82, 2.24) is 10.2 Å². The van der Waals surface area contributed by atoms with E-state index < -0.39 is 0 Å². The molecule has 2 aliphatic heterocycles. The van der Waals surface area contributed by atoms with E-state index in [-0.39, 0.29) is 11.3 Å². The molecule has 5 heteroatoms. The van der Waals surface area contributed by atoms with Crippen molar-refractivity contribution in [3.63, 3.8) is 0 Å². The summed E-state index contributed by atoms with van der Waals surface area (Å²) in [5.74, 6) is 0.287. The van der Waals surface area contributed by atoms with Gasteiger partial charge in [-0.2, -0.15) is 0 Å². The Bertz CT molecular complexity index is 556. The van der Waals surface area contributed by atoms with Crippen LogP contribution in [0.1, 0.15) is 18.4 Å². The Morgan fingerprint density at radius 1 is 1.21 bits per heavy atom. The van der Waals surface area contributed by atoms with Gasteiger partial charge >= 0.3 is 0 Å². The fourth-order valence-electron chi connectivity index (χ4n) is 3.93. The zero-order chi connectivity index (χ0) is 17.0. The predicted octanol–water partition coefficient (Wildman–Crippen LogP) is 1.66. The Kier molecular flexibility index (Phi) is 5.41. The van der Waals surface area contributed by atoms with Gasteiger partial charge in [0.2, 0.25) is 5.91 Å².